The Kier molecular flexibility index (Phi) is 5.29. The lowest BCUT2D eigenvalue weighted by atomic mass is 9.90. The quantitative estimate of drug-likeness (QED) is 0.589. The highest BCUT2D eigenvalue weighted by Crippen LogP contribution is 2.19. The third-order valence-corrected chi connectivity index (χ3v) is 3.02. The van der Waals surface area contributed by atoms with Crippen molar-refractivity contribution in [2.45, 2.75) is 33.7 Å². The molecule has 0 atom stereocenters. The zero-order chi connectivity index (χ0) is 12.0. The Hall–Kier alpha value is -0.540. The summed E-state index contributed by atoms with van der Waals surface area (Å²) in [5.74, 6) is 1.80. The standard InChI is InChI=1S/C12H22ClN3/c1-11-15-7-9-16(11)8-6-14-10-12(2,3)4-5-13/h7,9,14H,4-6,8,10H2,1-3H3. The van der Waals surface area contributed by atoms with E-state index < -0.39 is 0 Å². The molecule has 0 aliphatic carbocycles. The maximum absolute atomic E-state index is 5.76. The van der Waals surface area contributed by atoms with E-state index in [0.717, 1.165) is 37.8 Å². The zero-order valence-electron chi connectivity index (χ0n) is 10.5. The summed E-state index contributed by atoms with van der Waals surface area (Å²) in [5.41, 5.74) is 0.283. The maximum Gasteiger partial charge on any atom is 0.105 e. The number of halogens is 1. The molecule has 0 aliphatic rings. The highest BCUT2D eigenvalue weighted by molar-refractivity contribution is 6.17. The van der Waals surface area contributed by atoms with Crippen molar-refractivity contribution in [1.29, 1.82) is 0 Å². The van der Waals surface area contributed by atoms with Crippen molar-refractivity contribution in [1.82, 2.24) is 14.9 Å². The van der Waals surface area contributed by atoms with Crippen molar-refractivity contribution in [2.24, 2.45) is 5.41 Å². The lowest BCUT2D eigenvalue weighted by molar-refractivity contribution is 0.328. The van der Waals surface area contributed by atoms with Crippen LogP contribution in [0.15, 0.2) is 12.4 Å². The number of aromatic nitrogens is 2. The smallest absolute Gasteiger partial charge is 0.105 e. The van der Waals surface area contributed by atoms with Gasteiger partial charge in [0.2, 0.25) is 0 Å². The van der Waals surface area contributed by atoms with Crippen molar-refractivity contribution in [3.8, 4) is 0 Å². The van der Waals surface area contributed by atoms with Crippen LogP contribution < -0.4 is 5.32 Å². The fraction of sp³-hybridized carbons (Fsp3) is 0.750. The molecule has 92 valence electrons. The average molecular weight is 244 g/mol. The number of alkyl halides is 1. The van der Waals surface area contributed by atoms with Crippen LogP contribution in [0.5, 0.6) is 0 Å². The van der Waals surface area contributed by atoms with Gasteiger partial charge in [-0.25, -0.2) is 4.98 Å². The molecule has 1 aromatic rings. The van der Waals surface area contributed by atoms with Crippen LogP contribution in [0.1, 0.15) is 26.1 Å². The monoisotopic (exact) mass is 243 g/mol. The number of hydrogen-bond acceptors (Lipinski definition) is 2. The van der Waals surface area contributed by atoms with Gasteiger partial charge in [0.25, 0.3) is 0 Å². The summed E-state index contributed by atoms with van der Waals surface area (Å²) in [4.78, 5) is 4.19. The fourth-order valence-corrected chi connectivity index (χ4v) is 2.12. The van der Waals surface area contributed by atoms with E-state index in [9.17, 15) is 0 Å². The van der Waals surface area contributed by atoms with E-state index in [1.807, 2.05) is 19.3 Å². The normalized spacial score (nSPS) is 12.0. The topological polar surface area (TPSA) is 29.9 Å². The Balaban J connectivity index is 2.19. The molecule has 0 spiro atoms. The van der Waals surface area contributed by atoms with E-state index in [2.05, 4.69) is 28.7 Å². The highest BCUT2D eigenvalue weighted by Gasteiger charge is 2.15. The molecular formula is C12H22ClN3. The molecule has 0 aromatic carbocycles. The second-order valence-corrected chi connectivity index (χ2v) is 5.33. The Labute approximate surface area is 103 Å². The molecule has 3 nitrogen and oxygen atoms in total. The molecule has 0 aliphatic heterocycles. The second-order valence-electron chi connectivity index (χ2n) is 4.95. The number of aryl methyl sites for hydroxylation is 1. The Morgan fingerprint density at radius 2 is 2.25 bits per heavy atom. The van der Waals surface area contributed by atoms with E-state index in [-0.39, 0.29) is 5.41 Å². The number of rotatable bonds is 7. The Morgan fingerprint density at radius 1 is 1.50 bits per heavy atom. The molecule has 0 radical (unpaired) electrons. The number of nitrogens with one attached hydrogen (secondary N) is 1. The molecule has 1 rings (SSSR count). The van der Waals surface area contributed by atoms with Gasteiger partial charge in [0.1, 0.15) is 5.82 Å². The minimum atomic E-state index is 0.283. The van der Waals surface area contributed by atoms with E-state index >= 15 is 0 Å². The highest BCUT2D eigenvalue weighted by atomic mass is 35.5. The molecule has 16 heavy (non-hydrogen) atoms. The van der Waals surface area contributed by atoms with Crippen molar-refractivity contribution in [3.63, 3.8) is 0 Å². The third kappa shape index (κ3) is 4.54. The summed E-state index contributed by atoms with van der Waals surface area (Å²) >= 11 is 5.76. The second kappa shape index (κ2) is 6.26. The van der Waals surface area contributed by atoms with Gasteiger partial charge in [0.15, 0.2) is 0 Å². The molecule has 1 N–H and O–H groups in total. The minimum Gasteiger partial charge on any atom is -0.334 e. The third-order valence-electron chi connectivity index (χ3n) is 2.83. The molecule has 4 heteroatoms. The number of imidazole rings is 1. The van der Waals surface area contributed by atoms with Crippen molar-refractivity contribution < 1.29 is 0 Å². The summed E-state index contributed by atoms with van der Waals surface area (Å²) in [6, 6.07) is 0. The molecule has 0 saturated carbocycles. The van der Waals surface area contributed by atoms with E-state index in [0.29, 0.717) is 0 Å². The van der Waals surface area contributed by atoms with Crippen molar-refractivity contribution >= 4 is 11.6 Å². The van der Waals surface area contributed by atoms with Gasteiger partial charge in [0.05, 0.1) is 0 Å². The van der Waals surface area contributed by atoms with Gasteiger partial charge in [-0.05, 0) is 18.8 Å². The van der Waals surface area contributed by atoms with Gasteiger partial charge in [0, 0.05) is 37.9 Å². The Bertz CT molecular complexity index is 307. The van der Waals surface area contributed by atoms with Crippen molar-refractivity contribution in [3.05, 3.63) is 18.2 Å². The maximum atomic E-state index is 5.76. The molecule has 1 heterocycles. The van der Waals surface area contributed by atoms with Crippen LogP contribution in [0.3, 0.4) is 0 Å². The first-order valence-electron chi connectivity index (χ1n) is 5.79. The average Bonchev–Trinajstić information content (AvgIpc) is 2.59. The first-order valence-corrected chi connectivity index (χ1v) is 6.33. The van der Waals surface area contributed by atoms with Crippen LogP contribution in [0.25, 0.3) is 0 Å². The van der Waals surface area contributed by atoms with Crippen LogP contribution in [0, 0.1) is 12.3 Å². The zero-order valence-corrected chi connectivity index (χ0v) is 11.2. The van der Waals surface area contributed by atoms with E-state index in [1.165, 1.54) is 0 Å². The fourth-order valence-electron chi connectivity index (χ4n) is 1.61. The number of nitrogens with zero attached hydrogens (tertiary/aromatic N) is 2. The minimum absolute atomic E-state index is 0.283. The molecule has 1 aromatic heterocycles. The van der Waals surface area contributed by atoms with Crippen LogP contribution in [0.2, 0.25) is 0 Å². The molecule has 0 saturated heterocycles. The van der Waals surface area contributed by atoms with Crippen molar-refractivity contribution in [2.75, 3.05) is 19.0 Å². The van der Waals surface area contributed by atoms with Gasteiger partial charge in [-0.2, -0.15) is 0 Å². The van der Waals surface area contributed by atoms with E-state index in [4.69, 9.17) is 11.6 Å². The van der Waals surface area contributed by atoms with Gasteiger partial charge in [-0.3, -0.25) is 0 Å². The predicted molar refractivity (Wildman–Crippen MR) is 69.0 cm³/mol. The number of hydrogen-bond donors (Lipinski definition) is 1. The molecular weight excluding hydrogens is 222 g/mol. The summed E-state index contributed by atoms with van der Waals surface area (Å²) < 4.78 is 2.15. The van der Waals surface area contributed by atoms with Crippen LogP contribution in [-0.4, -0.2) is 28.5 Å². The summed E-state index contributed by atoms with van der Waals surface area (Å²) in [5, 5.41) is 3.47. The van der Waals surface area contributed by atoms with Crippen LogP contribution in [0.4, 0.5) is 0 Å². The van der Waals surface area contributed by atoms with Gasteiger partial charge in [-0.1, -0.05) is 13.8 Å². The first kappa shape index (κ1) is 13.5. The lowest BCUT2D eigenvalue weighted by Crippen LogP contribution is -2.32. The molecule has 0 unspecified atom stereocenters. The molecule has 0 amide bonds. The van der Waals surface area contributed by atoms with Crippen LogP contribution >= 0.6 is 11.6 Å². The van der Waals surface area contributed by atoms with Gasteiger partial charge >= 0.3 is 0 Å². The first-order chi connectivity index (χ1) is 7.55. The molecule has 0 bridgehead atoms. The molecule has 0 fully saturated rings. The van der Waals surface area contributed by atoms with Gasteiger partial charge in [-0.15, -0.1) is 11.6 Å². The lowest BCUT2D eigenvalue weighted by Gasteiger charge is -2.24. The summed E-state index contributed by atoms with van der Waals surface area (Å²) in [6.45, 7) is 9.46. The SMILES string of the molecule is Cc1nccn1CCNCC(C)(C)CCCl. The van der Waals surface area contributed by atoms with Crippen LogP contribution in [-0.2, 0) is 6.54 Å². The predicted octanol–water partition coefficient (Wildman–Crippen LogP) is 2.44. The Morgan fingerprint density at radius 3 is 2.81 bits per heavy atom. The van der Waals surface area contributed by atoms with E-state index in [1.54, 1.807) is 0 Å². The van der Waals surface area contributed by atoms with Gasteiger partial charge < -0.3 is 9.88 Å². The summed E-state index contributed by atoms with van der Waals surface area (Å²) in [7, 11) is 0. The summed E-state index contributed by atoms with van der Waals surface area (Å²) in [6.07, 6.45) is 4.90. The largest absolute Gasteiger partial charge is 0.334 e.